The number of amides is 3. The predicted molar refractivity (Wildman–Crippen MR) is 117 cm³/mol. The van der Waals surface area contributed by atoms with Crippen molar-refractivity contribution in [3.8, 4) is 0 Å². The van der Waals surface area contributed by atoms with Crippen LogP contribution in [-0.4, -0.2) is 62.2 Å². The van der Waals surface area contributed by atoms with Crippen LogP contribution in [0.4, 0.5) is 9.80 Å². The Bertz CT molecular complexity index is 1210. The summed E-state index contributed by atoms with van der Waals surface area (Å²) < 4.78 is 5.72. The van der Waals surface area contributed by atoms with Gasteiger partial charge in [-0.1, -0.05) is 6.07 Å². The number of imide groups is 1. The molecule has 2 aromatic rings. The molecule has 0 aliphatic carbocycles. The minimum atomic E-state index is -1.76. The Balaban J connectivity index is 1.61. The number of aliphatic carboxylic acids is 1. The molecule has 2 aromatic heterocycles. The Kier molecular flexibility index (Phi) is 6.26. The SMILES string of the molecule is O=C(O)C(=O)Nc1sc2c(c1C(=O)O)CCOC2CN1C(=O)SC(=Cc2ccccn2)C1=O. The minimum Gasteiger partial charge on any atom is -0.478 e. The van der Waals surface area contributed by atoms with Gasteiger partial charge in [-0.25, -0.2) is 9.59 Å². The smallest absolute Gasteiger partial charge is 0.394 e. The number of nitrogens with zero attached hydrogens (tertiary/aromatic N) is 2. The molecule has 0 saturated carbocycles. The lowest BCUT2D eigenvalue weighted by Crippen LogP contribution is -2.34. The van der Waals surface area contributed by atoms with E-state index in [1.165, 1.54) is 6.08 Å². The van der Waals surface area contributed by atoms with Crippen LogP contribution in [0.15, 0.2) is 29.3 Å². The molecule has 2 aliphatic rings. The highest BCUT2D eigenvalue weighted by atomic mass is 32.2. The Labute approximate surface area is 194 Å². The van der Waals surface area contributed by atoms with E-state index in [1.54, 1.807) is 24.4 Å². The number of thiophene rings is 1. The van der Waals surface area contributed by atoms with Gasteiger partial charge in [0.25, 0.3) is 11.1 Å². The zero-order chi connectivity index (χ0) is 23.7. The summed E-state index contributed by atoms with van der Waals surface area (Å²) in [5, 5.41) is 19.9. The summed E-state index contributed by atoms with van der Waals surface area (Å²) in [5.41, 5.74) is 0.671. The number of thioether (sulfide) groups is 1. The molecule has 4 heterocycles. The Morgan fingerprint density at radius 3 is 2.73 bits per heavy atom. The topological polar surface area (TPSA) is 163 Å². The third-order valence-corrected chi connectivity index (χ3v) is 6.97. The van der Waals surface area contributed by atoms with Gasteiger partial charge >= 0.3 is 17.8 Å². The number of hydrogen-bond donors (Lipinski definition) is 3. The molecule has 0 bridgehead atoms. The van der Waals surface area contributed by atoms with Crippen molar-refractivity contribution in [2.75, 3.05) is 18.5 Å². The molecule has 3 amide bonds. The molecule has 13 heteroatoms. The molecule has 1 unspecified atom stereocenters. The van der Waals surface area contributed by atoms with Gasteiger partial charge in [0.1, 0.15) is 11.1 Å². The quantitative estimate of drug-likeness (QED) is 0.419. The number of nitrogens with one attached hydrogen (secondary N) is 1. The molecule has 1 atom stereocenters. The van der Waals surface area contributed by atoms with E-state index in [2.05, 4.69) is 10.3 Å². The normalized spacial score (nSPS) is 19.0. The first kappa shape index (κ1) is 22.6. The number of carbonyl (C=O) groups excluding carboxylic acids is 3. The van der Waals surface area contributed by atoms with Gasteiger partial charge in [-0.05, 0) is 42.0 Å². The van der Waals surface area contributed by atoms with Crippen molar-refractivity contribution in [1.29, 1.82) is 0 Å². The maximum Gasteiger partial charge on any atom is 0.394 e. The van der Waals surface area contributed by atoms with Crippen molar-refractivity contribution >= 4 is 63.2 Å². The highest BCUT2D eigenvalue weighted by Crippen LogP contribution is 2.43. The molecule has 3 N–H and O–H groups in total. The zero-order valence-electron chi connectivity index (χ0n) is 16.6. The molecule has 4 rings (SSSR count). The molecule has 11 nitrogen and oxygen atoms in total. The van der Waals surface area contributed by atoms with Crippen molar-refractivity contribution in [2.45, 2.75) is 12.5 Å². The molecule has 1 fully saturated rings. The predicted octanol–water partition coefficient (Wildman–Crippen LogP) is 2.21. The van der Waals surface area contributed by atoms with Gasteiger partial charge in [-0.2, -0.15) is 0 Å². The number of pyridine rings is 1. The van der Waals surface area contributed by atoms with E-state index in [-0.39, 0.29) is 35.0 Å². The van der Waals surface area contributed by atoms with Crippen LogP contribution in [0.1, 0.15) is 32.6 Å². The Morgan fingerprint density at radius 1 is 1.27 bits per heavy atom. The first-order valence-electron chi connectivity index (χ1n) is 9.47. The van der Waals surface area contributed by atoms with Crippen LogP contribution in [0, 0.1) is 0 Å². The number of ether oxygens (including phenoxy) is 1. The molecular weight excluding hydrogens is 474 g/mol. The number of carboxylic acid groups (broad SMARTS) is 2. The summed E-state index contributed by atoms with van der Waals surface area (Å²) in [7, 11) is 0. The van der Waals surface area contributed by atoms with Crippen LogP contribution in [0.5, 0.6) is 0 Å². The summed E-state index contributed by atoms with van der Waals surface area (Å²) in [6, 6.07) is 5.16. The number of carboxylic acids is 2. The van der Waals surface area contributed by atoms with Crippen molar-refractivity contribution < 1.29 is 38.9 Å². The average Bonchev–Trinajstić information content (AvgIpc) is 3.27. The van der Waals surface area contributed by atoms with Crippen LogP contribution < -0.4 is 5.32 Å². The first-order chi connectivity index (χ1) is 15.8. The molecule has 170 valence electrons. The van der Waals surface area contributed by atoms with Crippen molar-refractivity contribution in [3.63, 3.8) is 0 Å². The van der Waals surface area contributed by atoms with Crippen molar-refractivity contribution in [3.05, 3.63) is 51.0 Å². The lowest BCUT2D eigenvalue weighted by atomic mass is 10.0. The molecule has 0 spiro atoms. The Morgan fingerprint density at radius 2 is 2.06 bits per heavy atom. The summed E-state index contributed by atoms with van der Waals surface area (Å²) in [6.45, 7) is -0.0376. The van der Waals surface area contributed by atoms with E-state index < -0.39 is 35.1 Å². The summed E-state index contributed by atoms with van der Waals surface area (Å²) in [5.74, 6) is -5.00. The number of carbonyl (C=O) groups is 5. The van der Waals surface area contributed by atoms with Crippen LogP contribution >= 0.6 is 23.1 Å². The van der Waals surface area contributed by atoms with Crippen molar-refractivity contribution in [1.82, 2.24) is 9.88 Å². The van der Waals surface area contributed by atoms with Crippen LogP contribution in [0.2, 0.25) is 0 Å². The van der Waals surface area contributed by atoms with E-state index >= 15 is 0 Å². The number of fused-ring (bicyclic) bond motifs is 1. The van der Waals surface area contributed by atoms with Crippen LogP contribution in [0.3, 0.4) is 0 Å². The minimum absolute atomic E-state index is 0.126. The standard InChI is InChI=1S/C20H15N3O8S2/c24-15(19(28)29)22-16-13(18(26)27)10-4-6-31-11(14(10)33-16)8-23-17(25)12(32-20(23)30)7-9-3-1-2-5-21-9/h1-3,5,7,11H,4,6,8H2,(H,22,24)(H,26,27)(H,28,29). The lowest BCUT2D eigenvalue weighted by molar-refractivity contribution is -0.147. The third kappa shape index (κ3) is 4.51. The molecule has 0 radical (unpaired) electrons. The summed E-state index contributed by atoms with van der Waals surface area (Å²) >= 11 is 1.61. The largest absolute Gasteiger partial charge is 0.478 e. The number of anilines is 1. The average molecular weight is 489 g/mol. The van der Waals surface area contributed by atoms with E-state index in [1.807, 2.05) is 0 Å². The fraction of sp³-hybridized carbons (Fsp3) is 0.200. The molecule has 2 aliphatic heterocycles. The number of aromatic carboxylic acids is 1. The van der Waals surface area contributed by atoms with Gasteiger partial charge in [0.05, 0.1) is 29.3 Å². The maximum atomic E-state index is 12.8. The van der Waals surface area contributed by atoms with Gasteiger partial charge in [-0.3, -0.25) is 24.3 Å². The van der Waals surface area contributed by atoms with Gasteiger partial charge in [-0.15, -0.1) is 11.3 Å². The fourth-order valence-electron chi connectivity index (χ4n) is 3.40. The fourth-order valence-corrected chi connectivity index (χ4v) is 5.51. The number of rotatable bonds is 5. The summed E-state index contributed by atoms with van der Waals surface area (Å²) in [6.07, 6.45) is 2.46. The Hall–Kier alpha value is -3.55. The zero-order valence-corrected chi connectivity index (χ0v) is 18.3. The van der Waals surface area contributed by atoms with E-state index in [9.17, 15) is 29.1 Å². The monoisotopic (exact) mass is 489 g/mol. The molecule has 0 aromatic carbocycles. The van der Waals surface area contributed by atoms with Crippen LogP contribution in [0.25, 0.3) is 6.08 Å². The van der Waals surface area contributed by atoms with E-state index in [0.29, 0.717) is 16.1 Å². The van der Waals surface area contributed by atoms with E-state index in [4.69, 9.17) is 9.84 Å². The number of aromatic nitrogens is 1. The second kappa shape index (κ2) is 9.13. The van der Waals surface area contributed by atoms with Gasteiger partial charge < -0.3 is 20.3 Å². The lowest BCUT2D eigenvalue weighted by Gasteiger charge is -2.26. The van der Waals surface area contributed by atoms with Gasteiger partial charge in [0.15, 0.2) is 0 Å². The molecular formula is C20H15N3O8S2. The molecule has 33 heavy (non-hydrogen) atoms. The second-order valence-electron chi connectivity index (χ2n) is 6.87. The molecule has 1 saturated heterocycles. The van der Waals surface area contributed by atoms with Gasteiger partial charge in [0.2, 0.25) is 0 Å². The highest BCUT2D eigenvalue weighted by Gasteiger charge is 2.40. The van der Waals surface area contributed by atoms with E-state index in [0.717, 1.165) is 28.0 Å². The number of hydrogen-bond acceptors (Lipinski definition) is 9. The van der Waals surface area contributed by atoms with Crippen molar-refractivity contribution in [2.24, 2.45) is 0 Å². The summed E-state index contributed by atoms with van der Waals surface area (Å²) in [4.78, 5) is 65.3. The van der Waals surface area contributed by atoms with Crippen LogP contribution in [-0.2, 0) is 25.5 Å². The first-order valence-corrected chi connectivity index (χ1v) is 11.1. The third-order valence-electron chi connectivity index (χ3n) is 4.83. The highest BCUT2D eigenvalue weighted by molar-refractivity contribution is 8.18. The maximum absolute atomic E-state index is 12.8. The second-order valence-corrected chi connectivity index (χ2v) is 8.92. The van der Waals surface area contributed by atoms with Gasteiger partial charge in [0, 0.05) is 11.1 Å².